The number of aryl methyl sites for hydroxylation is 1. The number of aromatic amines is 1. The molecule has 0 saturated heterocycles. The van der Waals surface area contributed by atoms with Gasteiger partial charge < -0.3 is 4.74 Å². The topological polar surface area (TPSA) is 81.5 Å². The van der Waals surface area contributed by atoms with Crippen LogP contribution in [0.3, 0.4) is 0 Å². The molecule has 4 aromatic rings. The standard InChI is InChI=1S/C16H14N6OS/c1-22-12(6-7-19-22)16-20-13(10-4-3-5-11(8-10)23-2)14(24-16)15-17-9-18-21-15/h3-9H,1-2H3,(H,17,18,21). The summed E-state index contributed by atoms with van der Waals surface area (Å²) in [4.78, 5) is 10.0. The van der Waals surface area contributed by atoms with Crippen LogP contribution in [-0.2, 0) is 7.05 Å². The zero-order valence-electron chi connectivity index (χ0n) is 13.1. The molecule has 3 aromatic heterocycles. The first-order chi connectivity index (χ1) is 11.8. The zero-order valence-corrected chi connectivity index (χ0v) is 13.9. The van der Waals surface area contributed by atoms with Crippen LogP contribution in [0.5, 0.6) is 5.75 Å². The summed E-state index contributed by atoms with van der Waals surface area (Å²) in [6, 6.07) is 9.76. The van der Waals surface area contributed by atoms with Gasteiger partial charge in [-0.05, 0) is 18.2 Å². The molecule has 0 fully saturated rings. The SMILES string of the molecule is COc1cccc(-c2nc(-c3ccnn3C)sc2-c2ncn[nH]2)c1. The molecule has 0 aliphatic heterocycles. The molecule has 3 heterocycles. The van der Waals surface area contributed by atoms with Gasteiger partial charge in [0.15, 0.2) is 5.82 Å². The highest BCUT2D eigenvalue weighted by Crippen LogP contribution is 2.39. The van der Waals surface area contributed by atoms with Gasteiger partial charge in [0.2, 0.25) is 0 Å². The number of thiazole rings is 1. The molecule has 0 amide bonds. The lowest BCUT2D eigenvalue weighted by atomic mass is 10.1. The summed E-state index contributed by atoms with van der Waals surface area (Å²) < 4.78 is 7.13. The Morgan fingerprint density at radius 1 is 1.25 bits per heavy atom. The fourth-order valence-electron chi connectivity index (χ4n) is 2.45. The van der Waals surface area contributed by atoms with Crippen LogP contribution < -0.4 is 4.74 Å². The van der Waals surface area contributed by atoms with E-state index in [9.17, 15) is 0 Å². The third-order valence-corrected chi connectivity index (χ3v) is 4.73. The Balaban J connectivity index is 1.91. The largest absolute Gasteiger partial charge is 0.497 e. The average molecular weight is 338 g/mol. The van der Waals surface area contributed by atoms with E-state index in [0.29, 0.717) is 5.82 Å². The van der Waals surface area contributed by atoms with Crippen LogP contribution in [0.25, 0.3) is 32.7 Å². The molecule has 24 heavy (non-hydrogen) atoms. The van der Waals surface area contributed by atoms with Crippen LogP contribution >= 0.6 is 11.3 Å². The highest BCUT2D eigenvalue weighted by molar-refractivity contribution is 7.18. The number of ether oxygens (including phenoxy) is 1. The Kier molecular flexibility index (Phi) is 3.58. The van der Waals surface area contributed by atoms with E-state index >= 15 is 0 Å². The van der Waals surface area contributed by atoms with Crippen molar-refractivity contribution in [2.24, 2.45) is 7.05 Å². The van der Waals surface area contributed by atoms with E-state index < -0.39 is 0 Å². The first-order valence-electron chi connectivity index (χ1n) is 7.25. The first kappa shape index (κ1) is 14.6. The quantitative estimate of drug-likeness (QED) is 0.618. The van der Waals surface area contributed by atoms with Crippen LogP contribution in [0.4, 0.5) is 0 Å². The van der Waals surface area contributed by atoms with Crippen molar-refractivity contribution in [2.45, 2.75) is 0 Å². The Morgan fingerprint density at radius 2 is 2.17 bits per heavy atom. The number of hydrogen-bond donors (Lipinski definition) is 1. The molecular weight excluding hydrogens is 324 g/mol. The second kappa shape index (κ2) is 5.89. The van der Waals surface area contributed by atoms with Crippen LogP contribution in [-0.4, -0.2) is 37.1 Å². The van der Waals surface area contributed by atoms with Crippen LogP contribution in [0, 0.1) is 0 Å². The molecule has 7 nitrogen and oxygen atoms in total. The number of H-pyrrole nitrogens is 1. The summed E-state index contributed by atoms with van der Waals surface area (Å²) >= 11 is 1.55. The fraction of sp³-hybridized carbons (Fsp3) is 0.125. The maximum Gasteiger partial charge on any atom is 0.167 e. The predicted octanol–water partition coefficient (Wildman–Crippen LogP) is 3.00. The molecule has 0 bridgehead atoms. The number of methoxy groups -OCH3 is 1. The van der Waals surface area contributed by atoms with Crippen molar-refractivity contribution in [3.8, 4) is 38.4 Å². The molecule has 0 aliphatic carbocycles. The number of benzene rings is 1. The Labute approximate surface area is 142 Å². The van der Waals surface area contributed by atoms with Gasteiger partial charge in [0, 0.05) is 18.8 Å². The summed E-state index contributed by atoms with van der Waals surface area (Å²) in [7, 11) is 3.55. The van der Waals surface area contributed by atoms with Gasteiger partial charge in [-0.3, -0.25) is 9.78 Å². The Morgan fingerprint density at radius 3 is 2.88 bits per heavy atom. The van der Waals surface area contributed by atoms with Gasteiger partial charge in [0.1, 0.15) is 17.1 Å². The van der Waals surface area contributed by atoms with Crippen LogP contribution in [0.15, 0.2) is 42.9 Å². The summed E-state index contributed by atoms with van der Waals surface area (Å²) in [6.07, 6.45) is 3.25. The van der Waals surface area contributed by atoms with Crippen molar-refractivity contribution in [2.75, 3.05) is 7.11 Å². The van der Waals surface area contributed by atoms with Crippen molar-refractivity contribution in [1.29, 1.82) is 0 Å². The minimum Gasteiger partial charge on any atom is -0.497 e. The maximum atomic E-state index is 5.33. The molecule has 120 valence electrons. The molecule has 0 aliphatic rings. The van der Waals surface area contributed by atoms with E-state index in [1.807, 2.05) is 37.4 Å². The highest BCUT2D eigenvalue weighted by atomic mass is 32.1. The molecule has 0 spiro atoms. The van der Waals surface area contributed by atoms with Gasteiger partial charge in [-0.2, -0.15) is 10.2 Å². The highest BCUT2D eigenvalue weighted by Gasteiger charge is 2.19. The molecular formula is C16H14N6OS. The maximum absolute atomic E-state index is 5.33. The average Bonchev–Trinajstić information content (AvgIpc) is 3.34. The summed E-state index contributed by atoms with van der Waals surface area (Å²) in [5.41, 5.74) is 2.76. The third kappa shape index (κ3) is 2.46. The van der Waals surface area contributed by atoms with Gasteiger partial charge >= 0.3 is 0 Å². The Bertz CT molecular complexity index is 972. The molecule has 0 unspecified atom stereocenters. The third-order valence-electron chi connectivity index (χ3n) is 3.64. The number of nitrogens with one attached hydrogen (secondary N) is 1. The first-order valence-corrected chi connectivity index (χ1v) is 8.07. The van der Waals surface area contributed by atoms with Crippen molar-refractivity contribution < 1.29 is 4.74 Å². The lowest BCUT2D eigenvalue weighted by Crippen LogP contribution is -1.92. The van der Waals surface area contributed by atoms with Crippen molar-refractivity contribution >= 4 is 11.3 Å². The van der Waals surface area contributed by atoms with E-state index in [2.05, 4.69) is 20.3 Å². The fourth-order valence-corrected chi connectivity index (χ4v) is 3.54. The number of hydrogen-bond acceptors (Lipinski definition) is 6. The Hall–Kier alpha value is -3.00. The zero-order chi connectivity index (χ0) is 16.5. The number of nitrogens with zero attached hydrogens (tertiary/aromatic N) is 5. The smallest absolute Gasteiger partial charge is 0.167 e. The second-order valence-corrected chi connectivity index (χ2v) is 6.10. The van der Waals surface area contributed by atoms with Gasteiger partial charge in [0.25, 0.3) is 0 Å². The monoisotopic (exact) mass is 338 g/mol. The number of aromatic nitrogens is 6. The van der Waals surface area contributed by atoms with Crippen LogP contribution in [0.1, 0.15) is 0 Å². The molecule has 4 rings (SSSR count). The van der Waals surface area contributed by atoms with Gasteiger partial charge in [-0.15, -0.1) is 11.3 Å². The van der Waals surface area contributed by atoms with Gasteiger partial charge in [-0.25, -0.2) is 9.97 Å². The van der Waals surface area contributed by atoms with Gasteiger partial charge in [-0.1, -0.05) is 12.1 Å². The van der Waals surface area contributed by atoms with E-state index in [-0.39, 0.29) is 0 Å². The lowest BCUT2D eigenvalue weighted by Gasteiger charge is -2.03. The molecule has 1 N–H and O–H groups in total. The predicted molar refractivity (Wildman–Crippen MR) is 91.7 cm³/mol. The van der Waals surface area contributed by atoms with Crippen molar-refractivity contribution in [3.05, 3.63) is 42.9 Å². The second-order valence-electron chi connectivity index (χ2n) is 5.10. The van der Waals surface area contributed by atoms with Crippen molar-refractivity contribution in [1.82, 2.24) is 29.9 Å². The van der Waals surface area contributed by atoms with Crippen molar-refractivity contribution in [3.63, 3.8) is 0 Å². The van der Waals surface area contributed by atoms with Crippen LogP contribution in [0.2, 0.25) is 0 Å². The molecule has 1 aromatic carbocycles. The molecule has 0 saturated carbocycles. The summed E-state index contributed by atoms with van der Waals surface area (Å²) in [5.74, 6) is 1.48. The van der Waals surface area contributed by atoms with E-state index in [0.717, 1.165) is 32.6 Å². The minimum absolute atomic E-state index is 0.693. The molecule has 8 heteroatoms. The number of rotatable bonds is 4. The van der Waals surface area contributed by atoms with E-state index in [1.165, 1.54) is 6.33 Å². The molecule has 0 atom stereocenters. The summed E-state index contributed by atoms with van der Waals surface area (Å²) in [5, 5.41) is 12.0. The summed E-state index contributed by atoms with van der Waals surface area (Å²) in [6.45, 7) is 0. The molecule has 0 radical (unpaired) electrons. The van der Waals surface area contributed by atoms with E-state index in [1.54, 1.807) is 29.3 Å². The normalized spacial score (nSPS) is 10.9. The minimum atomic E-state index is 0.693. The van der Waals surface area contributed by atoms with Gasteiger partial charge in [0.05, 0.1) is 23.4 Å². The lowest BCUT2D eigenvalue weighted by molar-refractivity contribution is 0.415. The van der Waals surface area contributed by atoms with E-state index in [4.69, 9.17) is 9.72 Å².